The summed E-state index contributed by atoms with van der Waals surface area (Å²) in [4.78, 5) is 11.8. The van der Waals surface area contributed by atoms with Gasteiger partial charge in [-0.25, -0.2) is 8.42 Å². The molecule has 1 aromatic heterocycles. The van der Waals surface area contributed by atoms with Crippen molar-refractivity contribution in [3.05, 3.63) is 17.8 Å². The lowest BCUT2D eigenvalue weighted by Crippen LogP contribution is -2.27. The molecule has 1 aliphatic rings. The molecule has 0 radical (unpaired) electrons. The Bertz CT molecular complexity index is 603. The molecule has 0 bridgehead atoms. The van der Waals surface area contributed by atoms with Crippen LogP contribution in [0.4, 0.5) is 5.82 Å². The van der Waals surface area contributed by atoms with Crippen LogP contribution >= 0.6 is 0 Å². The molecule has 8 nitrogen and oxygen atoms in total. The number of ether oxygens (including phenoxy) is 1. The van der Waals surface area contributed by atoms with Gasteiger partial charge in [0.2, 0.25) is 0 Å². The predicted molar refractivity (Wildman–Crippen MR) is 81.5 cm³/mol. The second-order valence-corrected chi connectivity index (χ2v) is 7.38. The maximum Gasteiger partial charge on any atom is 0.271 e. The highest BCUT2D eigenvalue weighted by molar-refractivity contribution is 7.91. The zero-order chi connectivity index (χ0) is 16.0. The van der Waals surface area contributed by atoms with Crippen LogP contribution in [0, 0.1) is 0 Å². The fraction of sp³-hybridized carbons (Fsp3) is 0.615. The average molecular weight is 328 g/mol. The molecular formula is C13H20N4O4S. The van der Waals surface area contributed by atoms with Gasteiger partial charge in [-0.15, -0.1) is 10.2 Å². The third-order valence-corrected chi connectivity index (χ3v) is 5.06. The van der Waals surface area contributed by atoms with Crippen LogP contribution in [-0.2, 0) is 14.6 Å². The third-order valence-electron chi connectivity index (χ3n) is 3.29. The third kappa shape index (κ3) is 4.92. The molecule has 0 aromatic carbocycles. The van der Waals surface area contributed by atoms with E-state index in [1.165, 1.54) is 0 Å². The Morgan fingerprint density at radius 3 is 2.82 bits per heavy atom. The van der Waals surface area contributed by atoms with E-state index in [0.29, 0.717) is 25.4 Å². The molecule has 1 aliphatic heterocycles. The Morgan fingerprint density at radius 1 is 1.41 bits per heavy atom. The molecule has 2 rings (SSSR count). The molecule has 1 amide bonds. The van der Waals surface area contributed by atoms with E-state index in [1.807, 2.05) is 0 Å². The molecule has 0 saturated carbocycles. The fourth-order valence-electron chi connectivity index (χ4n) is 2.16. The number of amides is 1. The average Bonchev–Trinajstić information content (AvgIpc) is 2.83. The van der Waals surface area contributed by atoms with Crippen molar-refractivity contribution in [1.29, 1.82) is 0 Å². The highest BCUT2D eigenvalue weighted by atomic mass is 32.2. The van der Waals surface area contributed by atoms with Crippen molar-refractivity contribution < 1.29 is 17.9 Å². The van der Waals surface area contributed by atoms with E-state index in [9.17, 15) is 13.2 Å². The Balaban J connectivity index is 1.83. The molecule has 22 heavy (non-hydrogen) atoms. The van der Waals surface area contributed by atoms with E-state index in [-0.39, 0.29) is 29.1 Å². The van der Waals surface area contributed by atoms with Gasteiger partial charge in [0.15, 0.2) is 15.5 Å². The molecule has 1 fully saturated rings. The van der Waals surface area contributed by atoms with Crippen LogP contribution in [0.5, 0.6) is 0 Å². The molecule has 2 N–H and O–H groups in total. The summed E-state index contributed by atoms with van der Waals surface area (Å²) < 4.78 is 27.7. The van der Waals surface area contributed by atoms with Gasteiger partial charge in [0.25, 0.3) is 5.91 Å². The second-order valence-electron chi connectivity index (χ2n) is 5.15. The SMILES string of the molecule is COCCCNC(=O)c1ccc(NC2CCS(=O)(=O)C2)nn1. The van der Waals surface area contributed by atoms with E-state index in [2.05, 4.69) is 20.8 Å². The number of carbonyl (C=O) groups excluding carboxylic acids is 1. The van der Waals surface area contributed by atoms with Crippen molar-refractivity contribution in [3.63, 3.8) is 0 Å². The van der Waals surface area contributed by atoms with Gasteiger partial charge in [-0.05, 0) is 25.0 Å². The van der Waals surface area contributed by atoms with Gasteiger partial charge in [-0.3, -0.25) is 4.79 Å². The van der Waals surface area contributed by atoms with E-state index in [1.54, 1.807) is 19.2 Å². The first kappa shape index (κ1) is 16.6. The van der Waals surface area contributed by atoms with Crippen LogP contribution in [0.25, 0.3) is 0 Å². The number of sulfone groups is 1. The minimum absolute atomic E-state index is 0.108. The quantitative estimate of drug-likeness (QED) is 0.669. The number of nitrogens with one attached hydrogen (secondary N) is 2. The highest BCUT2D eigenvalue weighted by Crippen LogP contribution is 2.15. The summed E-state index contributed by atoms with van der Waals surface area (Å²) in [7, 11) is -1.33. The number of methoxy groups -OCH3 is 1. The van der Waals surface area contributed by atoms with Gasteiger partial charge in [0.1, 0.15) is 5.82 Å². The zero-order valence-electron chi connectivity index (χ0n) is 12.4. The van der Waals surface area contributed by atoms with Gasteiger partial charge in [-0.2, -0.15) is 0 Å². The Kier molecular flexibility index (Phi) is 5.67. The molecular weight excluding hydrogens is 308 g/mol. The molecule has 122 valence electrons. The maximum atomic E-state index is 11.8. The van der Waals surface area contributed by atoms with Crippen molar-refractivity contribution >= 4 is 21.6 Å². The monoisotopic (exact) mass is 328 g/mol. The highest BCUT2D eigenvalue weighted by Gasteiger charge is 2.27. The number of hydrogen-bond donors (Lipinski definition) is 2. The Labute approximate surface area is 129 Å². The van der Waals surface area contributed by atoms with Gasteiger partial charge >= 0.3 is 0 Å². The van der Waals surface area contributed by atoms with Crippen LogP contribution < -0.4 is 10.6 Å². The summed E-state index contributed by atoms with van der Waals surface area (Å²) in [6.45, 7) is 1.09. The van der Waals surface area contributed by atoms with Gasteiger partial charge in [0.05, 0.1) is 11.5 Å². The molecule has 0 aliphatic carbocycles. The second kappa shape index (κ2) is 7.50. The topological polar surface area (TPSA) is 110 Å². The van der Waals surface area contributed by atoms with Gasteiger partial charge in [-0.1, -0.05) is 0 Å². The molecule has 2 heterocycles. The standard InChI is InChI=1S/C13H20N4O4S/c1-21-7-2-6-14-13(18)11-3-4-12(17-16-11)15-10-5-8-22(19,20)9-10/h3-4,10H,2,5-9H2,1H3,(H,14,18)(H,15,17). The molecule has 9 heteroatoms. The summed E-state index contributed by atoms with van der Waals surface area (Å²) in [6, 6.07) is 3.04. The van der Waals surface area contributed by atoms with Crippen LogP contribution in [-0.4, -0.2) is 62.3 Å². The minimum Gasteiger partial charge on any atom is -0.385 e. The minimum atomic E-state index is -2.94. The summed E-state index contributed by atoms with van der Waals surface area (Å²) >= 11 is 0. The van der Waals surface area contributed by atoms with Crippen molar-refractivity contribution in [2.45, 2.75) is 18.9 Å². The lowest BCUT2D eigenvalue weighted by atomic mass is 10.2. The number of hydrogen-bond acceptors (Lipinski definition) is 7. The molecule has 1 aromatic rings. The normalized spacial score (nSPS) is 19.8. The number of carbonyl (C=O) groups is 1. The van der Waals surface area contributed by atoms with Crippen molar-refractivity contribution in [2.75, 3.05) is 37.1 Å². The van der Waals surface area contributed by atoms with Crippen LogP contribution in [0.2, 0.25) is 0 Å². The molecule has 1 saturated heterocycles. The number of anilines is 1. The van der Waals surface area contributed by atoms with E-state index < -0.39 is 9.84 Å². The predicted octanol–water partition coefficient (Wildman–Crippen LogP) is -0.158. The lowest BCUT2D eigenvalue weighted by Gasteiger charge is -2.10. The molecule has 1 atom stereocenters. The van der Waals surface area contributed by atoms with E-state index in [0.717, 1.165) is 6.42 Å². The molecule has 1 unspecified atom stereocenters. The Morgan fingerprint density at radius 2 is 2.23 bits per heavy atom. The summed E-state index contributed by atoms with van der Waals surface area (Å²) in [5.74, 6) is 0.479. The van der Waals surface area contributed by atoms with E-state index in [4.69, 9.17) is 4.74 Å². The first-order valence-corrected chi connectivity index (χ1v) is 8.90. The number of rotatable bonds is 7. The molecule has 0 spiro atoms. The summed E-state index contributed by atoms with van der Waals surface area (Å²) in [5.41, 5.74) is 0.224. The fourth-order valence-corrected chi connectivity index (χ4v) is 3.83. The lowest BCUT2D eigenvalue weighted by molar-refractivity contribution is 0.0942. The number of nitrogens with zero attached hydrogens (tertiary/aromatic N) is 2. The zero-order valence-corrected chi connectivity index (χ0v) is 13.2. The van der Waals surface area contributed by atoms with Crippen molar-refractivity contribution in [2.24, 2.45) is 0 Å². The van der Waals surface area contributed by atoms with E-state index >= 15 is 0 Å². The summed E-state index contributed by atoms with van der Waals surface area (Å²) in [5, 5.41) is 13.5. The van der Waals surface area contributed by atoms with Gasteiger partial charge < -0.3 is 15.4 Å². The summed E-state index contributed by atoms with van der Waals surface area (Å²) in [6.07, 6.45) is 1.29. The largest absolute Gasteiger partial charge is 0.385 e. The first-order chi connectivity index (χ1) is 10.5. The first-order valence-electron chi connectivity index (χ1n) is 7.08. The maximum absolute atomic E-state index is 11.8. The smallest absolute Gasteiger partial charge is 0.271 e. The van der Waals surface area contributed by atoms with Crippen molar-refractivity contribution in [3.8, 4) is 0 Å². The van der Waals surface area contributed by atoms with Crippen molar-refractivity contribution in [1.82, 2.24) is 15.5 Å². The van der Waals surface area contributed by atoms with Crippen LogP contribution in [0.1, 0.15) is 23.3 Å². The van der Waals surface area contributed by atoms with Crippen LogP contribution in [0.3, 0.4) is 0 Å². The number of aromatic nitrogens is 2. The Hall–Kier alpha value is -1.74. The van der Waals surface area contributed by atoms with Crippen LogP contribution in [0.15, 0.2) is 12.1 Å². The van der Waals surface area contributed by atoms with Gasteiger partial charge in [0, 0.05) is 26.3 Å².